The number of benzene rings is 7. The van der Waals surface area contributed by atoms with Gasteiger partial charge in [-0.2, -0.15) is 0 Å². The Hall–Kier alpha value is -6.06. The largest absolute Gasteiger partial charge is 0.497 e. The molecule has 3 heteroatoms. The Labute approximate surface area is 282 Å². The van der Waals surface area contributed by atoms with Crippen molar-refractivity contribution in [2.24, 2.45) is 0 Å². The summed E-state index contributed by atoms with van der Waals surface area (Å²) >= 11 is 0. The molecular weight excluding hydrogens is 588 g/mol. The van der Waals surface area contributed by atoms with Crippen LogP contribution in [0.3, 0.4) is 0 Å². The van der Waals surface area contributed by atoms with Crippen LogP contribution in [0.5, 0.6) is 17.2 Å². The van der Waals surface area contributed by atoms with Gasteiger partial charge in [0.1, 0.15) is 17.2 Å². The third-order valence-corrected chi connectivity index (χ3v) is 8.86. The fourth-order valence-corrected chi connectivity index (χ4v) is 6.04. The normalized spacial score (nSPS) is 10.8. The van der Waals surface area contributed by atoms with Gasteiger partial charge in [0.25, 0.3) is 0 Å². The summed E-state index contributed by atoms with van der Waals surface area (Å²) in [7, 11) is 5.07. The Bertz CT molecular complexity index is 1850. The van der Waals surface area contributed by atoms with Gasteiger partial charge in [0, 0.05) is 0 Å². The summed E-state index contributed by atoms with van der Waals surface area (Å²) in [4.78, 5) is 0. The van der Waals surface area contributed by atoms with Crippen molar-refractivity contribution in [3.05, 3.63) is 164 Å². The van der Waals surface area contributed by atoms with Crippen molar-refractivity contribution < 1.29 is 14.2 Å². The van der Waals surface area contributed by atoms with Gasteiger partial charge in [-0.15, -0.1) is 0 Å². The summed E-state index contributed by atoms with van der Waals surface area (Å²) in [5.74, 6) is 2.57. The lowest BCUT2D eigenvalue weighted by molar-refractivity contribution is 0.415. The summed E-state index contributed by atoms with van der Waals surface area (Å²) in [5, 5.41) is 0. The fraction of sp³-hybridized carbons (Fsp3) is 0.0667. The molecule has 7 aromatic carbocycles. The smallest absolute Gasteiger partial charge is 0.118 e. The minimum atomic E-state index is 0.855. The Morgan fingerprint density at radius 1 is 0.208 bits per heavy atom. The highest BCUT2D eigenvalue weighted by molar-refractivity contribution is 5.83. The summed E-state index contributed by atoms with van der Waals surface area (Å²) in [5.41, 5.74) is 14.0. The maximum absolute atomic E-state index is 5.34. The Morgan fingerprint density at radius 3 is 0.521 bits per heavy atom. The summed E-state index contributed by atoms with van der Waals surface area (Å²) < 4.78 is 16.0. The van der Waals surface area contributed by atoms with Crippen molar-refractivity contribution in [3.63, 3.8) is 0 Å². The lowest BCUT2D eigenvalue weighted by atomic mass is 9.91. The molecule has 0 aliphatic carbocycles. The first-order valence-corrected chi connectivity index (χ1v) is 16.0. The minimum Gasteiger partial charge on any atom is -0.497 e. The first-order valence-electron chi connectivity index (χ1n) is 16.0. The molecule has 0 aromatic heterocycles. The molecule has 0 saturated carbocycles. The first-order chi connectivity index (χ1) is 23.6. The lowest BCUT2D eigenvalue weighted by Crippen LogP contribution is -1.88. The predicted molar refractivity (Wildman–Crippen MR) is 199 cm³/mol. The Balaban J connectivity index is 1.25. The molecule has 7 rings (SSSR count). The molecule has 0 radical (unpaired) electrons. The summed E-state index contributed by atoms with van der Waals surface area (Å²) in [6.07, 6.45) is 0. The number of hydrogen-bond acceptors (Lipinski definition) is 3. The van der Waals surface area contributed by atoms with Crippen LogP contribution in [0.2, 0.25) is 0 Å². The molecule has 0 fully saturated rings. The number of rotatable bonds is 9. The van der Waals surface area contributed by atoms with Crippen LogP contribution in [0.15, 0.2) is 164 Å². The number of methoxy groups -OCH3 is 3. The van der Waals surface area contributed by atoms with Gasteiger partial charge in [-0.3, -0.25) is 0 Å². The van der Waals surface area contributed by atoms with Crippen molar-refractivity contribution in [2.45, 2.75) is 0 Å². The van der Waals surface area contributed by atoms with Crippen LogP contribution in [0, 0.1) is 0 Å². The van der Waals surface area contributed by atoms with Crippen LogP contribution >= 0.6 is 0 Å². The highest BCUT2D eigenvalue weighted by Gasteiger charge is 2.10. The van der Waals surface area contributed by atoms with Gasteiger partial charge in [-0.05, 0) is 121 Å². The van der Waals surface area contributed by atoms with Crippen molar-refractivity contribution in [2.75, 3.05) is 21.3 Å². The van der Waals surface area contributed by atoms with Crippen molar-refractivity contribution in [1.29, 1.82) is 0 Å². The van der Waals surface area contributed by atoms with Gasteiger partial charge in [0.15, 0.2) is 0 Å². The van der Waals surface area contributed by atoms with E-state index in [0.717, 1.165) is 33.9 Å². The van der Waals surface area contributed by atoms with Crippen LogP contribution in [0.25, 0.3) is 66.8 Å². The summed E-state index contributed by atoms with van der Waals surface area (Å²) in [6, 6.07) is 57.8. The molecule has 0 N–H and O–H groups in total. The van der Waals surface area contributed by atoms with Gasteiger partial charge in [0.05, 0.1) is 21.3 Å². The zero-order chi connectivity index (χ0) is 32.9. The maximum atomic E-state index is 5.34. The number of ether oxygens (including phenoxy) is 3. The van der Waals surface area contributed by atoms with Gasteiger partial charge in [0.2, 0.25) is 0 Å². The van der Waals surface area contributed by atoms with E-state index in [4.69, 9.17) is 14.2 Å². The van der Waals surface area contributed by atoms with E-state index in [9.17, 15) is 0 Å². The van der Waals surface area contributed by atoms with E-state index in [-0.39, 0.29) is 0 Å². The molecule has 0 aliphatic heterocycles. The zero-order valence-corrected chi connectivity index (χ0v) is 27.3. The van der Waals surface area contributed by atoms with Crippen molar-refractivity contribution in [1.82, 2.24) is 0 Å². The molecule has 0 amide bonds. The van der Waals surface area contributed by atoms with Crippen molar-refractivity contribution >= 4 is 0 Å². The molecule has 0 bridgehead atoms. The second-order valence-corrected chi connectivity index (χ2v) is 11.7. The van der Waals surface area contributed by atoms with Crippen molar-refractivity contribution in [3.8, 4) is 84.0 Å². The van der Waals surface area contributed by atoms with Gasteiger partial charge >= 0.3 is 0 Å². The first kappa shape index (κ1) is 30.6. The average molecular weight is 625 g/mol. The van der Waals surface area contributed by atoms with E-state index in [1.165, 1.54) is 50.1 Å². The number of hydrogen-bond donors (Lipinski definition) is 0. The molecule has 0 atom stereocenters. The molecule has 3 nitrogen and oxygen atoms in total. The van der Waals surface area contributed by atoms with E-state index in [0.29, 0.717) is 0 Å². The highest BCUT2D eigenvalue weighted by atomic mass is 16.5. The predicted octanol–water partition coefficient (Wildman–Crippen LogP) is 11.7. The maximum Gasteiger partial charge on any atom is 0.118 e. The average Bonchev–Trinajstić information content (AvgIpc) is 3.18. The monoisotopic (exact) mass is 624 g/mol. The molecular formula is C45H36O3. The SMILES string of the molecule is COc1ccc(-c2ccc(-c3cc(-c4ccc(-c5ccc(OC)cc5)cc4)cc(-c4ccc(-c5ccc(OC)cc5)cc4)c3)cc2)cc1. The fourth-order valence-electron chi connectivity index (χ4n) is 6.04. The van der Waals surface area contributed by atoms with Crippen LogP contribution in [0.1, 0.15) is 0 Å². The molecule has 48 heavy (non-hydrogen) atoms. The third kappa shape index (κ3) is 6.58. The minimum absolute atomic E-state index is 0.855. The quantitative estimate of drug-likeness (QED) is 0.160. The molecule has 0 aliphatic rings. The van der Waals surface area contributed by atoms with E-state index in [2.05, 4.69) is 127 Å². The topological polar surface area (TPSA) is 27.7 Å². The van der Waals surface area contributed by atoms with Gasteiger partial charge in [-0.25, -0.2) is 0 Å². The molecule has 0 saturated heterocycles. The molecule has 0 spiro atoms. The van der Waals surface area contributed by atoms with Gasteiger partial charge in [-0.1, -0.05) is 109 Å². The lowest BCUT2D eigenvalue weighted by Gasteiger charge is -2.13. The Morgan fingerprint density at radius 2 is 0.354 bits per heavy atom. The second-order valence-electron chi connectivity index (χ2n) is 11.7. The standard InChI is InChI=1S/C45H36O3/c1-46-43-22-16-34(17-23-43)31-4-10-37(11-5-31)40-28-41(38-12-6-32(7-13-38)35-18-24-44(47-2)25-19-35)30-42(29-40)39-14-8-33(9-15-39)36-20-26-45(48-3)27-21-36/h4-30H,1-3H3. The highest BCUT2D eigenvalue weighted by Crippen LogP contribution is 2.36. The van der Waals surface area contributed by atoms with Crippen LogP contribution < -0.4 is 14.2 Å². The van der Waals surface area contributed by atoms with E-state index in [1.807, 2.05) is 36.4 Å². The zero-order valence-electron chi connectivity index (χ0n) is 27.3. The second kappa shape index (κ2) is 13.7. The molecule has 7 aromatic rings. The van der Waals surface area contributed by atoms with E-state index in [1.54, 1.807) is 21.3 Å². The van der Waals surface area contributed by atoms with Gasteiger partial charge < -0.3 is 14.2 Å². The Kier molecular flexibility index (Phi) is 8.76. The molecule has 0 heterocycles. The molecule has 234 valence electrons. The summed E-state index contributed by atoms with van der Waals surface area (Å²) in [6.45, 7) is 0. The third-order valence-electron chi connectivity index (χ3n) is 8.86. The van der Waals surface area contributed by atoms with Crippen LogP contribution in [-0.4, -0.2) is 21.3 Å². The molecule has 0 unspecified atom stereocenters. The van der Waals surface area contributed by atoms with E-state index >= 15 is 0 Å². The van der Waals surface area contributed by atoms with Crippen LogP contribution in [0.4, 0.5) is 0 Å². The van der Waals surface area contributed by atoms with Crippen LogP contribution in [-0.2, 0) is 0 Å². The van der Waals surface area contributed by atoms with E-state index < -0.39 is 0 Å².